The van der Waals surface area contributed by atoms with Crippen molar-refractivity contribution in [2.24, 2.45) is 0 Å². The Labute approximate surface area is 131 Å². The Morgan fingerprint density at radius 3 is 2.95 bits per heavy atom. The topological polar surface area (TPSA) is 65.2 Å². The van der Waals surface area contributed by atoms with Gasteiger partial charge in [0.1, 0.15) is 7.60 Å². The van der Waals surface area contributed by atoms with E-state index in [0.29, 0.717) is 10.9 Å². The first-order valence-electron chi connectivity index (χ1n) is 7.74. The van der Waals surface area contributed by atoms with E-state index in [1.807, 2.05) is 32.4 Å². The largest absolute Gasteiger partial charge is 0.778 e. The Morgan fingerprint density at radius 2 is 2.18 bits per heavy atom. The van der Waals surface area contributed by atoms with E-state index in [0.717, 1.165) is 24.9 Å². The molecule has 0 aliphatic carbocycles. The van der Waals surface area contributed by atoms with Gasteiger partial charge in [0.25, 0.3) is 0 Å². The van der Waals surface area contributed by atoms with Crippen LogP contribution in [-0.4, -0.2) is 42.5 Å². The van der Waals surface area contributed by atoms with Gasteiger partial charge in [0.15, 0.2) is 6.23 Å². The number of para-hydroxylation sites is 1. The number of aromatic nitrogens is 1. The van der Waals surface area contributed by atoms with Gasteiger partial charge in [-0.05, 0) is 18.1 Å². The summed E-state index contributed by atoms with van der Waals surface area (Å²) >= 11 is 0. The van der Waals surface area contributed by atoms with Gasteiger partial charge in [0.2, 0.25) is 0 Å². The lowest BCUT2D eigenvalue weighted by molar-refractivity contribution is -0.934. The first kappa shape index (κ1) is 15.8. The summed E-state index contributed by atoms with van der Waals surface area (Å²) in [6.45, 7) is 0.840. The first-order valence-corrected chi connectivity index (χ1v) is 9.46. The lowest BCUT2D eigenvalue weighted by Gasteiger charge is -2.43. The van der Waals surface area contributed by atoms with Gasteiger partial charge in [-0.2, -0.15) is 0 Å². The summed E-state index contributed by atoms with van der Waals surface area (Å²) < 4.78 is 17.6. The molecule has 2 atom stereocenters. The predicted molar refractivity (Wildman–Crippen MR) is 85.6 cm³/mol. The number of hydrogen-bond acceptors (Lipinski definition) is 3. The summed E-state index contributed by atoms with van der Waals surface area (Å²) in [5, 5.41) is 1.24. The van der Waals surface area contributed by atoms with Crippen molar-refractivity contribution >= 4 is 18.5 Å². The van der Waals surface area contributed by atoms with Gasteiger partial charge in [0.05, 0.1) is 20.6 Å². The van der Waals surface area contributed by atoms with Crippen LogP contribution < -0.4 is 4.89 Å². The molecule has 0 amide bonds. The number of quaternary nitrogens is 1. The molecule has 6 heteroatoms. The molecule has 1 aromatic carbocycles. The van der Waals surface area contributed by atoms with E-state index >= 15 is 0 Å². The highest BCUT2D eigenvalue weighted by molar-refractivity contribution is 7.51. The lowest BCUT2D eigenvalue weighted by atomic mass is 10.1. The maximum Gasteiger partial charge on any atom is 0.198 e. The summed E-state index contributed by atoms with van der Waals surface area (Å²) in [7, 11) is 0.459. The van der Waals surface area contributed by atoms with Gasteiger partial charge in [-0.1, -0.05) is 18.2 Å². The molecule has 2 aromatic rings. The first-order chi connectivity index (χ1) is 10.4. The normalized spacial score (nSPS) is 26.4. The highest BCUT2D eigenvalue weighted by Crippen LogP contribution is 2.45. The van der Waals surface area contributed by atoms with Crippen LogP contribution in [0.1, 0.15) is 18.4 Å². The second-order valence-corrected chi connectivity index (χ2v) is 8.53. The molecule has 120 valence electrons. The molecule has 0 radical (unpaired) electrons. The van der Waals surface area contributed by atoms with Crippen molar-refractivity contribution in [3.63, 3.8) is 0 Å². The van der Waals surface area contributed by atoms with Crippen molar-refractivity contribution in [1.82, 2.24) is 4.98 Å². The third-order valence-corrected chi connectivity index (χ3v) is 6.01. The van der Waals surface area contributed by atoms with E-state index in [2.05, 4.69) is 17.1 Å². The van der Waals surface area contributed by atoms with E-state index in [1.165, 1.54) is 10.9 Å². The standard InChI is InChI=1S/C16H23N2O3P/c1-18(2,16-8-5-11-22(19,20)21-16)10-9-13-12-17-15-7-4-3-6-14(13)15/h3-4,6-7,12,16-17H,5,8-11H2,1-2H3. The molecule has 1 aromatic heterocycles. The number of likely N-dealkylation sites (N-methyl/N-ethyl adjacent to an activating group) is 1. The van der Waals surface area contributed by atoms with Crippen LogP contribution in [0.15, 0.2) is 30.5 Å². The molecule has 0 saturated carbocycles. The second kappa shape index (κ2) is 5.82. The fourth-order valence-electron chi connectivity index (χ4n) is 3.12. The Kier molecular flexibility index (Phi) is 4.17. The minimum Gasteiger partial charge on any atom is -0.778 e. The number of benzene rings is 1. The van der Waals surface area contributed by atoms with Crippen LogP contribution in [0.3, 0.4) is 0 Å². The molecule has 2 heterocycles. The Hall–Kier alpha value is -1.13. The molecule has 2 unspecified atom stereocenters. The van der Waals surface area contributed by atoms with Crippen LogP contribution in [0.4, 0.5) is 0 Å². The maximum atomic E-state index is 11.7. The van der Waals surface area contributed by atoms with Gasteiger partial charge in [-0.3, -0.25) is 4.52 Å². The average molecular weight is 322 g/mol. The number of nitrogens with one attached hydrogen (secondary N) is 1. The van der Waals surface area contributed by atoms with Gasteiger partial charge in [-0.15, -0.1) is 0 Å². The van der Waals surface area contributed by atoms with Crippen molar-refractivity contribution < 1.29 is 18.5 Å². The monoisotopic (exact) mass is 322 g/mol. The number of fused-ring (bicyclic) bond motifs is 1. The van der Waals surface area contributed by atoms with E-state index in [9.17, 15) is 9.46 Å². The summed E-state index contributed by atoms with van der Waals surface area (Å²) in [4.78, 5) is 15.0. The van der Waals surface area contributed by atoms with Gasteiger partial charge >= 0.3 is 0 Å². The zero-order valence-corrected chi connectivity index (χ0v) is 14.0. The number of H-pyrrole nitrogens is 1. The molecule has 1 N–H and O–H groups in total. The van der Waals surface area contributed by atoms with Gasteiger partial charge in [0, 0.05) is 36.1 Å². The third-order valence-electron chi connectivity index (χ3n) is 4.58. The van der Waals surface area contributed by atoms with Gasteiger partial charge < -0.3 is 18.9 Å². The maximum absolute atomic E-state index is 11.7. The van der Waals surface area contributed by atoms with E-state index in [4.69, 9.17) is 4.52 Å². The third kappa shape index (κ3) is 3.28. The van der Waals surface area contributed by atoms with E-state index in [-0.39, 0.29) is 12.4 Å². The molecule has 22 heavy (non-hydrogen) atoms. The fraction of sp³-hybridized carbons (Fsp3) is 0.500. The van der Waals surface area contributed by atoms with Crippen molar-refractivity contribution in [3.8, 4) is 0 Å². The summed E-state index contributed by atoms with van der Waals surface area (Å²) in [5.74, 6) is 0. The highest BCUT2D eigenvalue weighted by atomic mass is 31.2. The zero-order valence-electron chi connectivity index (χ0n) is 13.1. The fourth-order valence-corrected chi connectivity index (χ4v) is 4.53. The molecule has 0 bridgehead atoms. The Balaban J connectivity index is 1.70. The van der Waals surface area contributed by atoms with Crippen LogP contribution in [0, 0.1) is 0 Å². The van der Waals surface area contributed by atoms with Crippen molar-refractivity contribution in [2.45, 2.75) is 25.5 Å². The highest BCUT2D eigenvalue weighted by Gasteiger charge is 2.35. The lowest BCUT2D eigenvalue weighted by Crippen LogP contribution is -2.52. The second-order valence-electron chi connectivity index (χ2n) is 6.65. The SMILES string of the molecule is C[N+](C)(CCc1c[nH]c2ccccc12)C1CCCP(=O)([O-])O1. The quantitative estimate of drug-likeness (QED) is 0.695. The smallest absolute Gasteiger partial charge is 0.198 e. The van der Waals surface area contributed by atoms with Crippen molar-refractivity contribution in [2.75, 3.05) is 26.8 Å². The molecule has 1 saturated heterocycles. The van der Waals surface area contributed by atoms with Crippen LogP contribution in [-0.2, 0) is 15.5 Å². The van der Waals surface area contributed by atoms with Crippen LogP contribution in [0.2, 0.25) is 0 Å². The minimum atomic E-state index is -3.63. The number of rotatable bonds is 4. The summed E-state index contributed by atoms with van der Waals surface area (Å²) in [6.07, 6.45) is 4.34. The van der Waals surface area contributed by atoms with Gasteiger partial charge in [-0.25, -0.2) is 0 Å². The average Bonchev–Trinajstić information content (AvgIpc) is 2.87. The van der Waals surface area contributed by atoms with E-state index < -0.39 is 7.60 Å². The summed E-state index contributed by atoms with van der Waals surface area (Å²) in [6, 6.07) is 8.24. The van der Waals surface area contributed by atoms with Crippen LogP contribution >= 0.6 is 7.60 Å². The Bertz CT molecular complexity index is 710. The molecule has 1 fully saturated rings. The molecule has 1 aliphatic rings. The molecule has 5 nitrogen and oxygen atoms in total. The number of hydrogen-bond donors (Lipinski definition) is 1. The zero-order chi connectivity index (χ0) is 15.8. The molecule has 1 aliphatic heterocycles. The molecule has 0 spiro atoms. The molecular formula is C16H23N2O3P. The van der Waals surface area contributed by atoms with E-state index in [1.54, 1.807) is 0 Å². The minimum absolute atomic E-state index is 0.173. The van der Waals surface area contributed by atoms with Crippen molar-refractivity contribution in [3.05, 3.63) is 36.0 Å². The molecular weight excluding hydrogens is 299 g/mol. The van der Waals surface area contributed by atoms with Crippen LogP contribution in [0.5, 0.6) is 0 Å². The summed E-state index contributed by atoms with van der Waals surface area (Å²) in [5.41, 5.74) is 2.41. The van der Waals surface area contributed by atoms with Crippen molar-refractivity contribution in [1.29, 1.82) is 0 Å². The predicted octanol–water partition coefficient (Wildman–Crippen LogP) is 2.48. The molecule has 3 rings (SSSR count). The van der Waals surface area contributed by atoms with Crippen LogP contribution in [0.25, 0.3) is 10.9 Å². The Morgan fingerprint density at radius 1 is 1.41 bits per heavy atom. The number of aromatic amines is 1. The number of nitrogens with zero attached hydrogens (tertiary/aromatic N) is 1.